The van der Waals surface area contributed by atoms with Gasteiger partial charge in [0.25, 0.3) is 0 Å². The molecule has 3 nitrogen and oxygen atoms in total. The van der Waals surface area contributed by atoms with Gasteiger partial charge in [-0.2, -0.15) is 0 Å². The van der Waals surface area contributed by atoms with Crippen molar-refractivity contribution >= 4 is 0 Å². The Bertz CT molecular complexity index is 539. The van der Waals surface area contributed by atoms with Crippen LogP contribution in [-0.2, 0) is 24.4 Å². The zero-order valence-corrected chi connectivity index (χ0v) is 10.2. The van der Waals surface area contributed by atoms with E-state index in [0.717, 1.165) is 13.0 Å². The van der Waals surface area contributed by atoms with Crippen LogP contribution in [0.3, 0.4) is 0 Å². The molecule has 18 heavy (non-hydrogen) atoms. The Morgan fingerprint density at radius 1 is 1.22 bits per heavy atom. The first-order valence-electron chi connectivity index (χ1n) is 6.17. The highest BCUT2D eigenvalue weighted by Gasteiger charge is 2.14. The van der Waals surface area contributed by atoms with Crippen molar-refractivity contribution in [3.05, 3.63) is 65.0 Å². The highest BCUT2D eigenvalue weighted by Crippen LogP contribution is 2.24. The molecule has 0 fully saturated rings. The highest BCUT2D eigenvalue weighted by atomic mass is 16.5. The normalized spacial score (nSPS) is 15.4. The third-order valence-electron chi connectivity index (χ3n) is 3.35. The smallest absolute Gasteiger partial charge is 0.0725 e. The van der Waals surface area contributed by atoms with E-state index in [1.807, 2.05) is 12.3 Å². The van der Waals surface area contributed by atoms with Crippen molar-refractivity contribution in [3.63, 3.8) is 0 Å². The molecule has 1 atom stereocenters. The van der Waals surface area contributed by atoms with Crippen LogP contribution in [0.25, 0.3) is 0 Å². The van der Waals surface area contributed by atoms with Gasteiger partial charge in [0, 0.05) is 18.4 Å². The standard InChI is InChI=1S/C15H16N2O/c16-15(6-11-2-1-5-17-8-11)12-3-4-13-9-18-10-14(13)7-12/h1-5,7-8,15H,6,9-10,16H2. The third-order valence-corrected chi connectivity index (χ3v) is 3.35. The lowest BCUT2D eigenvalue weighted by atomic mass is 9.97. The molecule has 1 unspecified atom stereocenters. The van der Waals surface area contributed by atoms with E-state index in [1.165, 1.54) is 22.3 Å². The van der Waals surface area contributed by atoms with Crippen LogP contribution in [0.4, 0.5) is 0 Å². The van der Waals surface area contributed by atoms with Crippen LogP contribution in [0.5, 0.6) is 0 Å². The summed E-state index contributed by atoms with van der Waals surface area (Å²) in [5, 5.41) is 0. The second-order valence-electron chi connectivity index (χ2n) is 4.69. The summed E-state index contributed by atoms with van der Waals surface area (Å²) in [5.74, 6) is 0. The lowest BCUT2D eigenvalue weighted by molar-refractivity contribution is 0.134. The Labute approximate surface area is 107 Å². The molecule has 1 aromatic heterocycles. The van der Waals surface area contributed by atoms with E-state index in [2.05, 4.69) is 29.2 Å². The fourth-order valence-corrected chi connectivity index (χ4v) is 2.31. The zero-order chi connectivity index (χ0) is 12.4. The van der Waals surface area contributed by atoms with Crippen LogP contribution in [0, 0.1) is 0 Å². The molecule has 2 N–H and O–H groups in total. The molecule has 2 heterocycles. The van der Waals surface area contributed by atoms with Crippen molar-refractivity contribution in [2.75, 3.05) is 0 Å². The van der Waals surface area contributed by atoms with E-state index >= 15 is 0 Å². The molecule has 92 valence electrons. The zero-order valence-electron chi connectivity index (χ0n) is 10.2. The maximum Gasteiger partial charge on any atom is 0.0725 e. The summed E-state index contributed by atoms with van der Waals surface area (Å²) in [6.07, 6.45) is 4.46. The summed E-state index contributed by atoms with van der Waals surface area (Å²) in [6.45, 7) is 1.44. The SMILES string of the molecule is NC(Cc1cccnc1)c1ccc2c(c1)COC2. The minimum atomic E-state index is 0.0140. The number of rotatable bonds is 3. The van der Waals surface area contributed by atoms with Crippen molar-refractivity contribution in [1.82, 2.24) is 4.98 Å². The van der Waals surface area contributed by atoms with Crippen LogP contribution < -0.4 is 5.73 Å². The topological polar surface area (TPSA) is 48.1 Å². The number of hydrogen-bond acceptors (Lipinski definition) is 3. The summed E-state index contributed by atoms with van der Waals surface area (Å²) in [5.41, 5.74) is 11.1. The predicted octanol–water partition coefficient (Wildman–Crippen LogP) is 2.35. The average molecular weight is 240 g/mol. The van der Waals surface area contributed by atoms with E-state index in [4.69, 9.17) is 10.5 Å². The number of nitrogens with two attached hydrogens (primary N) is 1. The Morgan fingerprint density at radius 3 is 2.94 bits per heavy atom. The number of benzene rings is 1. The molecular formula is C15H16N2O. The third kappa shape index (κ3) is 2.28. The maximum absolute atomic E-state index is 6.25. The van der Waals surface area contributed by atoms with Gasteiger partial charge in [0.15, 0.2) is 0 Å². The molecule has 1 aromatic carbocycles. The molecule has 0 aliphatic carbocycles. The number of fused-ring (bicyclic) bond motifs is 1. The first-order valence-corrected chi connectivity index (χ1v) is 6.17. The number of hydrogen-bond donors (Lipinski definition) is 1. The predicted molar refractivity (Wildman–Crippen MR) is 69.8 cm³/mol. The second kappa shape index (κ2) is 4.88. The minimum absolute atomic E-state index is 0.0140. The quantitative estimate of drug-likeness (QED) is 0.896. The van der Waals surface area contributed by atoms with Gasteiger partial charge in [0.1, 0.15) is 0 Å². The van der Waals surface area contributed by atoms with Crippen molar-refractivity contribution in [1.29, 1.82) is 0 Å². The summed E-state index contributed by atoms with van der Waals surface area (Å²) < 4.78 is 5.42. The monoisotopic (exact) mass is 240 g/mol. The van der Waals surface area contributed by atoms with E-state index in [9.17, 15) is 0 Å². The van der Waals surface area contributed by atoms with Crippen molar-refractivity contribution in [2.24, 2.45) is 5.73 Å². The van der Waals surface area contributed by atoms with Crippen LogP contribution in [0.2, 0.25) is 0 Å². The van der Waals surface area contributed by atoms with E-state index in [0.29, 0.717) is 6.61 Å². The Morgan fingerprint density at radius 2 is 2.11 bits per heavy atom. The molecule has 0 radical (unpaired) electrons. The second-order valence-corrected chi connectivity index (χ2v) is 4.69. The van der Waals surface area contributed by atoms with Gasteiger partial charge in [-0.15, -0.1) is 0 Å². The van der Waals surface area contributed by atoms with Crippen molar-refractivity contribution in [3.8, 4) is 0 Å². The largest absolute Gasteiger partial charge is 0.372 e. The molecule has 3 rings (SSSR count). The minimum Gasteiger partial charge on any atom is -0.372 e. The van der Waals surface area contributed by atoms with Crippen LogP contribution >= 0.6 is 0 Å². The van der Waals surface area contributed by atoms with Gasteiger partial charge >= 0.3 is 0 Å². The van der Waals surface area contributed by atoms with E-state index < -0.39 is 0 Å². The Balaban J connectivity index is 1.78. The molecule has 0 saturated carbocycles. The van der Waals surface area contributed by atoms with Crippen molar-refractivity contribution < 1.29 is 4.74 Å². The molecule has 0 spiro atoms. The van der Waals surface area contributed by atoms with Gasteiger partial charge in [-0.1, -0.05) is 24.3 Å². The molecule has 0 amide bonds. The van der Waals surface area contributed by atoms with Crippen LogP contribution in [0.1, 0.15) is 28.3 Å². The molecule has 1 aliphatic heterocycles. The van der Waals surface area contributed by atoms with Gasteiger partial charge in [0.2, 0.25) is 0 Å². The highest BCUT2D eigenvalue weighted by molar-refractivity contribution is 5.35. The average Bonchev–Trinajstić information content (AvgIpc) is 2.87. The Hall–Kier alpha value is -1.71. The molecule has 3 heteroatoms. The number of ether oxygens (including phenoxy) is 1. The van der Waals surface area contributed by atoms with Gasteiger partial charge in [-0.3, -0.25) is 4.98 Å². The summed E-state index contributed by atoms with van der Waals surface area (Å²) in [7, 11) is 0. The molecule has 1 aliphatic rings. The van der Waals surface area contributed by atoms with Gasteiger partial charge < -0.3 is 10.5 Å². The lowest BCUT2D eigenvalue weighted by Crippen LogP contribution is -2.13. The molecule has 0 saturated heterocycles. The van der Waals surface area contributed by atoms with Crippen LogP contribution in [-0.4, -0.2) is 4.98 Å². The number of pyridine rings is 1. The van der Waals surface area contributed by atoms with Gasteiger partial charge in [0.05, 0.1) is 13.2 Å². The van der Waals surface area contributed by atoms with Crippen LogP contribution in [0.15, 0.2) is 42.7 Å². The summed E-state index contributed by atoms with van der Waals surface area (Å²) >= 11 is 0. The summed E-state index contributed by atoms with van der Waals surface area (Å²) in [4.78, 5) is 4.11. The molecular weight excluding hydrogens is 224 g/mol. The first-order chi connectivity index (χ1) is 8.83. The maximum atomic E-state index is 6.25. The molecule has 2 aromatic rings. The number of nitrogens with zero attached hydrogens (tertiary/aromatic N) is 1. The fraction of sp³-hybridized carbons (Fsp3) is 0.267. The van der Waals surface area contributed by atoms with E-state index in [-0.39, 0.29) is 6.04 Å². The Kier molecular flexibility index (Phi) is 3.09. The van der Waals surface area contributed by atoms with Gasteiger partial charge in [-0.05, 0) is 34.7 Å². The lowest BCUT2D eigenvalue weighted by Gasteiger charge is -2.13. The first kappa shape index (κ1) is 11.4. The van der Waals surface area contributed by atoms with Gasteiger partial charge in [-0.25, -0.2) is 0 Å². The summed E-state index contributed by atoms with van der Waals surface area (Å²) in [6, 6.07) is 10.4. The number of aromatic nitrogens is 1. The van der Waals surface area contributed by atoms with E-state index in [1.54, 1.807) is 6.20 Å². The fourth-order valence-electron chi connectivity index (χ4n) is 2.31. The van der Waals surface area contributed by atoms with Crippen molar-refractivity contribution in [2.45, 2.75) is 25.7 Å². The molecule has 0 bridgehead atoms.